The summed E-state index contributed by atoms with van der Waals surface area (Å²) in [5, 5.41) is 2.64. The number of carbonyl (C=O) groups is 4. The number of nitrogens with zero attached hydrogens (tertiary/aromatic N) is 1. The van der Waals surface area contributed by atoms with E-state index in [0.717, 1.165) is 4.90 Å². The number of nitrogens with one attached hydrogen (secondary N) is 1. The lowest BCUT2D eigenvalue weighted by atomic mass is 10.1. The van der Waals surface area contributed by atoms with Gasteiger partial charge in [0, 0.05) is 38.3 Å². The molecule has 1 rings (SSSR count). The van der Waals surface area contributed by atoms with Crippen LogP contribution in [0.15, 0.2) is 0 Å². The Morgan fingerprint density at radius 2 is 2.00 bits per heavy atom. The maximum absolute atomic E-state index is 11.6. The summed E-state index contributed by atoms with van der Waals surface area (Å²) in [6.45, 7) is 4.34. The molecule has 3 amide bonds. The molecule has 0 spiro atoms. The maximum Gasteiger partial charge on any atom is 0.232 e. The number of hydrogen-bond donors (Lipinski definition) is 1. The Bertz CT molecular complexity index is 422. The number of amides is 3. The summed E-state index contributed by atoms with van der Waals surface area (Å²) in [4.78, 5) is 46.5. The molecule has 1 atom stereocenters. The number of ketones is 1. The zero-order valence-corrected chi connectivity index (χ0v) is 12.5. The molecule has 0 aliphatic carbocycles. The van der Waals surface area contributed by atoms with Crippen LogP contribution in [-0.4, -0.2) is 54.7 Å². The van der Waals surface area contributed by atoms with Crippen molar-refractivity contribution in [1.82, 2.24) is 10.2 Å². The van der Waals surface area contributed by atoms with Crippen molar-refractivity contribution >= 4 is 23.5 Å². The second-order valence-electron chi connectivity index (χ2n) is 5.15. The van der Waals surface area contributed by atoms with Crippen LogP contribution >= 0.6 is 0 Å². The molecular formula is C14H22N2O5. The van der Waals surface area contributed by atoms with Crippen LogP contribution < -0.4 is 5.32 Å². The summed E-state index contributed by atoms with van der Waals surface area (Å²) in [5.41, 5.74) is 0. The van der Waals surface area contributed by atoms with Crippen LogP contribution in [0.2, 0.25) is 0 Å². The standard InChI is InChI=1S/C14H22N2O5/c1-10-9-13(19)16(14(10)20)6-3-12(18)15-5-8-21-7-4-11(2)17/h10H,3-9H2,1-2H3,(H,15,18). The molecule has 1 saturated heterocycles. The minimum atomic E-state index is -0.282. The lowest BCUT2D eigenvalue weighted by Gasteiger charge is -2.14. The zero-order valence-electron chi connectivity index (χ0n) is 12.5. The van der Waals surface area contributed by atoms with Gasteiger partial charge in [-0.2, -0.15) is 0 Å². The zero-order chi connectivity index (χ0) is 15.8. The van der Waals surface area contributed by atoms with Crippen molar-refractivity contribution in [3.05, 3.63) is 0 Å². The number of ether oxygens (including phenoxy) is 1. The van der Waals surface area contributed by atoms with Gasteiger partial charge in [-0.05, 0) is 6.92 Å². The molecule has 1 aliphatic heterocycles. The lowest BCUT2D eigenvalue weighted by Crippen LogP contribution is -2.35. The van der Waals surface area contributed by atoms with E-state index in [1.165, 1.54) is 6.92 Å². The largest absolute Gasteiger partial charge is 0.379 e. The van der Waals surface area contributed by atoms with E-state index in [-0.39, 0.29) is 48.8 Å². The molecular weight excluding hydrogens is 276 g/mol. The maximum atomic E-state index is 11.6. The van der Waals surface area contributed by atoms with Crippen LogP contribution in [0, 0.1) is 5.92 Å². The topological polar surface area (TPSA) is 92.8 Å². The number of imide groups is 1. The molecule has 21 heavy (non-hydrogen) atoms. The third-order valence-electron chi connectivity index (χ3n) is 3.20. The Labute approximate surface area is 124 Å². The van der Waals surface area contributed by atoms with Crippen LogP contribution in [0.4, 0.5) is 0 Å². The molecule has 1 aliphatic rings. The monoisotopic (exact) mass is 298 g/mol. The fourth-order valence-corrected chi connectivity index (χ4v) is 1.97. The van der Waals surface area contributed by atoms with E-state index >= 15 is 0 Å². The minimum Gasteiger partial charge on any atom is -0.379 e. The molecule has 0 aromatic rings. The van der Waals surface area contributed by atoms with Crippen molar-refractivity contribution in [3.8, 4) is 0 Å². The molecule has 7 heteroatoms. The van der Waals surface area contributed by atoms with Gasteiger partial charge in [0.2, 0.25) is 17.7 Å². The van der Waals surface area contributed by atoms with Crippen molar-refractivity contribution in [1.29, 1.82) is 0 Å². The molecule has 1 fully saturated rings. The summed E-state index contributed by atoms with van der Waals surface area (Å²) in [7, 11) is 0. The van der Waals surface area contributed by atoms with Gasteiger partial charge in [0.15, 0.2) is 0 Å². The minimum absolute atomic E-state index is 0.0632. The van der Waals surface area contributed by atoms with E-state index in [1.54, 1.807) is 6.92 Å². The van der Waals surface area contributed by atoms with Crippen LogP contribution in [0.1, 0.15) is 33.1 Å². The van der Waals surface area contributed by atoms with Crippen molar-refractivity contribution in [2.45, 2.75) is 33.1 Å². The molecule has 0 radical (unpaired) electrons. The molecule has 0 aromatic heterocycles. The number of hydrogen-bond acceptors (Lipinski definition) is 5. The quantitative estimate of drug-likeness (QED) is 0.473. The van der Waals surface area contributed by atoms with Gasteiger partial charge >= 0.3 is 0 Å². The number of rotatable bonds is 9. The van der Waals surface area contributed by atoms with Gasteiger partial charge in [-0.25, -0.2) is 0 Å². The molecule has 0 aromatic carbocycles. The van der Waals surface area contributed by atoms with E-state index in [0.29, 0.717) is 26.2 Å². The van der Waals surface area contributed by atoms with Gasteiger partial charge in [0.25, 0.3) is 0 Å². The van der Waals surface area contributed by atoms with E-state index in [1.807, 2.05) is 0 Å². The van der Waals surface area contributed by atoms with Gasteiger partial charge < -0.3 is 10.1 Å². The molecule has 1 unspecified atom stereocenters. The molecule has 0 saturated carbocycles. The second kappa shape index (κ2) is 8.51. The SMILES string of the molecule is CC(=O)CCOCCNC(=O)CCN1C(=O)CC(C)C1=O. The fraction of sp³-hybridized carbons (Fsp3) is 0.714. The second-order valence-corrected chi connectivity index (χ2v) is 5.15. The summed E-state index contributed by atoms with van der Waals surface area (Å²) < 4.78 is 5.17. The predicted molar refractivity (Wildman–Crippen MR) is 74.2 cm³/mol. The van der Waals surface area contributed by atoms with Gasteiger partial charge in [0.05, 0.1) is 13.2 Å². The van der Waals surface area contributed by atoms with Crippen LogP contribution in [0.25, 0.3) is 0 Å². The Balaban J connectivity index is 2.10. The van der Waals surface area contributed by atoms with Gasteiger partial charge in [-0.3, -0.25) is 24.1 Å². The first-order chi connectivity index (χ1) is 9.91. The first-order valence-corrected chi connectivity index (χ1v) is 7.10. The molecule has 7 nitrogen and oxygen atoms in total. The van der Waals surface area contributed by atoms with E-state index in [2.05, 4.69) is 5.32 Å². The average molecular weight is 298 g/mol. The third kappa shape index (κ3) is 6.03. The predicted octanol–water partition coefficient (Wildman–Crippen LogP) is -0.117. The highest BCUT2D eigenvalue weighted by Crippen LogP contribution is 2.18. The summed E-state index contributed by atoms with van der Waals surface area (Å²) in [6.07, 6.45) is 0.688. The summed E-state index contributed by atoms with van der Waals surface area (Å²) >= 11 is 0. The van der Waals surface area contributed by atoms with Crippen molar-refractivity contribution in [2.24, 2.45) is 5.92 Å². The Morgan fingerprint density at radius 1 is 1.29 bits per heavy atom. The molecule has 1 N–H and O–H groups in total. The highest BCUT2D eigenvalue weighted by molar-refractivity contribution is 6.03. The Morgan fingerprint density at radius 3 is 2.57 bits per heavy atom. The Kier molecular flexibility index (Phi) is 7.01. The smallest absolute Gasteiger partial charge is 0.232 e. The lowest BCUT2D eigenvalue weighted by molar-refractivity contribution is -0.139. The van der Waals surface area contributed by atoms with Crippen molar-refractivity contribution in [2.75, 3.05) is 26.3 Å². The van der Waals surface area contributed by atoms with Crippen LogP contribution in [0.5, 0.6) is 0 Å². The first-order valence-electron chi connectivity index (χ1n) is 7.10. The number of Topliss-reactive ketones (excluding diaryl/α,β-unsaturated/α-hetero) is 1. The van der Waals surface area contributed by atoms with Crippen LogP contribution in [-0.2, 0) is 23.9 Å². The van der Waals surface area contributed by atoms with Gasteiger partial charge in [-0.1, -0.05) is 6.92 Å². The van der Waals surface area contributed by atoms with E-state index in [4.69, 9.17) is 4.74 Å². The van der Waals surface area contributed by atoms with Gasteiger partial charge in [0.1, 0.15) is 5.78 Å². The van der Waals surface area contributed by atoms with Crippen molar-refractivity contribution in [3.63, 3.8) is 0 Å². The molecule has 118 valence electrons. The number of likely N-dealkylation sites (tertiary alicyclic amines) is 1. The van der Waals surface area contributed by atoms with Crippen LogP contribution in [0.3, 0.4) is 0 Å². The average Bonchev–Trinajstić information content (AvgIpc) is 2.65. The summed E-state index contributed by atoms with van der Waals surface area (Å²) in [6, 6.07) is 0. The third-order valence-corrected chi connectivity index (χ3v) is 3.20. The first kappa shape index (κ1) is 17.3. The Hall–Kier alpha value is -1.76. The summed E-state index contributed by atoms with van der Waals surface area (Å²) in [5.74, 6) is -0.873. The highest BCUT2D eigenvalue weighted by atomic mass is 16.5. The van der Waals surface area contributed by atoms with Crippen molar-refractivity contribution < 1.29 is 23.9 Å². The molecule has 1 heterocycles. The van der Waals surface area contributed by atoms with Gasteiger partial charge in [-0.15, -0.1) is 0 Å². The van der Waals surface area contributed by atoms with E-state index in [9.17, 15) is 19.2 Å². The molecule has 0 bridgehead atoms. The normalized spacial score (nSPS) is 18.2. The van der Waals surface area contributed by atoms with E-state index < -0.39 is 0 Å². The highest BCUT2D eigenvalue weighted by Gasteiger charge is 2.35. The number of carbonyl (C=O) groups excluding carboxylic acids is 4. The fourth-order valence-electron chi connectivity index (χ4n) is 1.97.